The zero-order valence-electron chi connectivity index (χ0n) is 11.7. The molecule has 1 aromatic carbocycles. The van der Waals surface area contributed by atoms with Crippen LogP contribution in [0.3, 0.4) is 0 Å². The number of hydrogen-bond donors (Lipinski definition) is 1. The van der Waals surface area contributed by atoms with Gasteiger partial charge in [-0.2, -0.15) is 5.10 Å². The fourth-order valence-corrected chi connectivity index (χ4v) is 2.54. The Morgan fingerprint density at radius 2 is 2.05 bits per heavy atom. The van der Waals surface area contributed by atoms with Crippen molar-refractivity contribution in [1.29, 1.82) is 0 Å². The Kier molecular flexibility index (Phi) is 2.36. The largest absolute Gasteiger partial charge is 0.366 e. The highest BCUT2D eigenvalue weighted by molar-refractivity contribution is 5.81. The van der Waals surface area contributed by atoms with E-state index in [0.717, 1.165) is 28.1 Å². The SMILES string of the molecule is Cn1nc(NC2CC2)cc1-c1ccc2c(c1)ncn2C. The lowest BCUT2D eigenvalue weighted by Crippen LogP contribution is -2.01. The molecule has 102 valence electrons. The summed E-state index contributed by atoms with van der Waals surface area (Å²) in [6.07, 6.45) is 4.36. The molecule has 1 saturated carbocycles. The standard InChI is InChI=1S/C15H17N5/c1-19-9-16-12-7-10(3-6-13(12)19)14-8-15(18-20(14)2)17-11-4-5-11/h3,6-9,11H,4-5H2,1-2H3,(H,17,18). The van der Waals surface area contributed by atoms with Gasteiger partial charge in [0.25, 0.3) is 0 Å². The smallest absolute Gasteiger partial charge is 0.148 e. The second-order valence-corrected chi connectivity index (χ2v) is 5.52. The minimum Gasteiger partial charge on any atom is -0.366 e. The number of nitrogens with zero attached hydrogens (tertiary/aromatic N) is 4. The van der Waals surface area contributed by atoms with Crippen LogP contribution in [0.1, 0.15) is 12.8 Å². The molecule has 1 N–H and O–H groups in total. The first-order valence-corrected chi connectivity index (χ1v) is 6.93. The number of aromatic nitrogens is 4. The van der Waals surface area contributed by atoms with Crippen LogP contribution in [0.2, 0.25) is 0 Å². The molecule has 1 aliphatic carbocycles. The lowest BCUT2D eigenvalue weighted by atomic mass is 10.1. The Balaban J connectivity index is 1.75. The van der Waals surface area contributed by atoms with Crippen LogP contribution < -0.4 is 5.32 Å². The Labute approximate surface area is 117 Å². The molecule has 2 heterocycles. The van der Waals surface area contributed by atoms with Gasteiger partial charge in [-0.3, -0.25) is 4.68 Å². The molecule has 20 heavy (non-hydrogen) atoms. The number of fused-ring (bicyclic) bond motifs is 1. The van der Waals surface area contributed by atoms with Gasteiger partial charge < -0.3 is 9.88 Å². The fourth-order valence-electron chi connectivity index (χ4n) is 2.54. The number of rotatable bonds is 3. The molecule has 3 aromatic rings. The average molecular weight is 267 g/mol. The maximum Gasteiger partial charge on any atom is 0.148 e. The summed E-state index contributed by atoms with van der Waals surface area (Å²) in [5.41, 5.74) is 4.42. The minimum absolute atomic E-state index is 0.621. The summed E-state index contributed by atoms with van der Waals surface area (Å²) in [5, 5.41) is 7.97. The highest BCUT2D eigenvalue weighted by atomic mass is 15.3. The molecule has 2 aromatic heterocycles. The molecular formula is C15H17N5. The van der Waals surface area contributed by atoms with Crippen LogP contribution in [-0.4, -0.2) is 25.4 Å². The summed E-state index contributed by atoms with van der Waals surface area (Å²) >= 11 is 0. The number of benzene rings is 1. The van der Waals surface area contributed by atoms with Gasteiger partial charge in [-0.05, 0) is 25.0 Å². The van der Waals surface area contributed by atoms with Gasteiger partial charge in [-0.1, -0.05) is 6.07 Å². The van der Waals surface area contributed by atoms with Crippen LogP contribution in [0.25, 0.3) is 22.3 Å². The molecule has 4 rings (SSSR count). The maximum atomic E-state index is 4.53. The minimum atomic E-state index is 0.621. The second kappa shape index (κ2) is 4.10. The number of nitrogens with one attached hydrogen (secondary N) is 1. The van der Waals surface area contributed by atoms with E-state index >= 15 is 0 Å². The quantitative estimate of drug-likeness (QED) is 0.793. The lowest BCUT2D eigenvalue weighted by Gasteiger charge is -2.02. The van der Waals surface area contributed by atoms with E-state index in [-0.39, 0.29) is 0 Å². The summed E-state index contributed by atoms with van der Waals surface area (Å²) in [7, 11) is 3.99. The first-order valence-electron chi connectivity index (χ1n) is 6.93. The molecule has 1 fully saturated rings. The van der Waals surface area contributed by atoms with Gasteiger partial charge in [0.1, 0.15) is 5.82 Å². The van der Waals surface area contributed by atoms with E-state index in [1.165, 1.54) is 12.8 Å². The number of anilines is 1. The highest BCUT2D eigenvalue weighted by Crippen LogP contribution is 2.28. The van der Waals surface area contributed by atoms with E-state index in [2.05, 4.69) is 39.7 Å². The Morgan fingerprint density at radius 3 is 2.85 bits per heavy atom. The number of hydrogen-bond acceptors (Lipinski definition) is 3. The van der Waals surface area contributed by atoms with E-state index in [9.17, 15) is 0 Å². The molecule has 0 bridgehead atoms. The summed E-state index contributed by atoms with van der Waals surface area (Å²) in [5.74, 6) is 0.964. The normalized spacial score (nSPS) is 14.9. The molecule has 0 spiro atoms. The van der Waals surface area contributed by atoms with E-state index in [1.54, 1.807) is 0 Å². The van der Waals surface area contributed by atoms with Crippen LogP contribution in [0.5, 0.6) is 0 Å². The van der Waals surface area contributed by atoms with E-state index < -0.39 is 0 Å². The third kappa shape index (κ3) is 1.86. The lowest BCUT2D eigenvalue weighted by molar-refractivity contribution is 0.776. The van der Waals surface area contributed by atoms with Crippen molar-refractivity contribution in [3.05, 3.63) is 30.6 Å². The molecule has 5 nitrogen and oxygen atoms in total. The third-order valence-corrected chi connectivity index (χ3v) is 3.83. The Hall–Kier alpha value is -2.30. The summed E-state index contributed by atoms with van der Waals surface area (Å²) in [4.78, 5) is 4.42. The second-order valence-electron chi connectivity index (χ2n) is 5.52. The molecule has 5 heteroatoms. The molecule has 0 atom stereocenters. The summed E-state index contributed by atoms with van der Waals surface area (Å²) < 4.78 is 3.96. The van der Waals surface area contributed by atoms with Crippen molar-refractivity contribution >= 4 is 16.9 Å². The predicted octanol–water partition coefficient (Wildman–Crippen LogP) is 2.55. The summed E-state index contributed by atoms with van der Waals surface area (Å²) in [6.45, 7) is 0. The summed E-state index contributed by atoms with van der Waals surface area (Å²) in [6, 6.07) is 9.09. The van der Waals surface area contributed by atoms with Crippen LogP contribution >= 0.6 is 0 Å². The third-order valence-electron chi connectivity index (χ3n) is 3.83. The predicted molar refractivity (Wildman–Crippen MR) is 79.6 cm³/mol. The van der Waals surface area contributed by atoms with E-state index in [0.29, 0.717) is 6.04 Å². The number of imidazole rings is 1. The molecule has 0 saturated heterocycles. The van der Waals surface area contributed by atoms with Gasteiger partial charge in [0.2, 0.25) is 0 Å². The van der Waals surface area contributed by atoms with Crippen molar-refractivity contribution in [2.75, 3.05) is 5.32 Å². The molecule has 1 aliphatic rings. The van der Waals surface area contributed by atoms with E-state index in [4.69, 9.17) is 0 Å². The molecule has 0 unspecified atom stereocenters. The maximum absolute atomic E-state index is 4.53. The van der Waals surface area contributed by atoms with Crippen LogP contribution in [0, 0.1) is 0 Å². The highest BCUT2D eigenvalue weighted by Gasteiger charge is 2.22. The van der Waals surface area contributed by atoms with Crippen molar-refractivity contribution in [2.24, 2.45) is 14.1 Å². The van der Waals surface area contributed by atoms with Crippen molar-refractivity contribution in [1.82, 2.24) is 19.3 Å². The van der Waals surface area contributed by atoms with Crippen LogP contribution in [0.15, 0.2) is 30.6 Å². The fraction of sp³-hybridized carbons (Fsp3) is 0.333. The van der Waals surface area contributed by atoms with Gasteiger partial charge in [-0.15, -0.1) is 0 Å². The Bertz CT molecular complexity index is 779. The van der Waals surface area contributed by atoms with Crippen molar-refractivity contribution in [3.63, 3.8) is 0 Å². The van der Waals surface area contributed by atoms with Gasteiger partial charge in [0, 0.05) is 31.8 Å². The number of aryl methyl sites for hydroxylation is 2. The first kappa shape index (κ1) is 11.5. The van der Waals surface area contributed by atoms with Gasteiger partial charge in [0.15, 0.2) is 0 Å². The molecule has 0 amide bonds. The average Bonchev–Trinajstić information content (AvgIpc) is 3.07. The van der Waals surface area contributed by atoms with Gasteiger partial charge >= 0.3 is 0 Å². The van der Waals surface area contributed by atoms with Crippen LogP contribution in [-0.2, 0) is 14.1 Å². The van der Waals surface area contributed by atoms with Gasteiger partial charge in [0.05, 0.1) is 23.1 Å². The van der Waals surface area contributed by atoms with E-state index in [1.807, 2.05) is 29.7 Å². The van der Waals surface area contributed by atoms with Gasteiger partial charge in [-0.25, -0.2) is 4.98 Å². The zero-order chi connectivity index (χ0) is 13.7. The van der Waals surface area contributed by atoms with Crippen molar-refractivity contribution in [2.45, 2.75) is 18.9 Å². The first-order chi connectivity index (χ1) is 9.70. The zero-order valence-corrected chi connectivity index (χ0v) is 11.7. The topological polar surface area (TPSA) is 47.7 Å². The van der Waals surface area contributed by atoms with Crippen molar-refractivity contribution in [3.8, 4) is 11.3 Å². The Morgan fingerprint density at radius 1 is 1.20 bits per heavy atom. The van der Waals surface area contributed by atoms with Crippen LogP contribution in [0.4, 0.5) is 5.82 Å². The molecule has 0 aliphatic heterocycles. The monoisotopic (exact) mass is 267 g/mol. The molecular weight excluding hydrogens is 250 g/mol. The molecule has 0 radical (unpaired) electrons. The van der Waals surface area contributed by atoms with Crippen molar-refractivity contribution < 1.29 is 0 Å².